The Hall–Kier alpha value is -1.36. The number of thiophene rings is 1. The van der Waals surface area contributed by atoms with Crippen molar-refractivity contribution in [2.45, 2.75) is 26.7 Å². The molecule has 1 atom stereocenters. The molecule has 0 bridgehead atoms. The summed E-state index contributed by atoms with van der Waals surface area (Å²) in [5, 5.41) is 9.03. The number of nitrogens with two attached hydrogens (primary N) is 1. The van der Waals surface area contributed by atoms with Crippen molar-refractivity contribution in [2.75, 3.05) is 0 Å². The van der Waals surface area contributed by atoms with Gasteiger partial charge in [0.15, 0.2) is 0 Å². The lowest BCUT2D eigenvalue weighted by Gasteiger charge is -2.19. The molecule has 0 saturated heterocycles. The first-order valence-corrected chi connectivity index (χ1v) is 5.82. The van der Waals surface area contributed by atoms with E-state index in [1.807, 2.05) is 19.1 Å². The van der Waals surface area contributed by atoms with Crippen LogP contribution in [0.5, 0.6) is 0 Å². The third kappa shape index (κ3) is 2.41. The zero-order valence-electron chi connectivity index (χ0n) is 9.32. The van der Waals surface area contributed by atoms with Gasteiger partial charge in [-0.25, -0.2) is 0 Å². The molecule has 1 unspecified atom stereocenters. The fourth-order valence-electron chi connectivity index (χ4n) is 1.32. The zero-order valence-corrected chi connectivity index (χ0v) is 10.1. The Labute approximate surface area is 98.1 Å². The van der Waals surface area contributed by atoms with Crippen molar-refractivity contribution in [1.29, 1.82) is 0 Å². The molecule has 16 heavy (non-hydrogen) atoms. The topological polar surface area (TPSA) is 80.4 Å². The number of amides is 1. The summed E-state index contributed by atoms with van der Waals surface area (Å²) in [7, 11) is 0. The Balaban J connectivity index is 2.92. The highest BCUT2D eigenvalue weighted by Gasteiger charge is 2.40. The second-order valence-electron chi connectivity index (χ2n) is 3.90. The summed E-state index contributed by atoms with van der Waals surface area (Å²) in [6, 6.07) is 3.80. The van der Waals surface area contributed by atoms with Crippen molar-refractivity contribution in [3.8, 4) is 0 Å². The van der Waals surface area contributed by atoms with Crippen molar-refractivity contribution < 1.29 is 14.7 Å². The highest BCUT2D eigenvalue weighted by atomic mass is 32.1. The number of hydrogen-bond acceptors (Lipinski definition) is 3. The van der Waals surface area contributed by atoms with Gasteiger partial charge in [-0.15, -0.1) is 11.3 Å². The average molecular weight is 241 g/mol. The molecule has 1 heterocycles. The molecule has 1 aromatic rings. The molecule has 0 aliphatic heterocycles. The largest absolute Gasteiger partial charge is 0.480 e. The van der Waals surface area contributed by atoms with E-state index >= 15 is 0 Å². The maximum Gasteiger partial charge on any atom is 0.319 e. The highest BCUT2D eigenvalue weighted by molar-refractivity contribution is 7.12. The van der Waals surface area contributed by atoms with Crippen LogP contribution >= 0.6 is 11.3 Å². The summed E-state index contributed by atoms with van der Waals surface area (Å²) in [4.78, 5) is 24.3. The van der Waals surface area contributed by atoms with Crippen molar-refractivity contribution in [3.63, 3.8) is 0 Å². The Morgan fingerprint density at radius 3 is 2.38 bits per heavy atom. The van der Waals surface area contributed by atoms with Crippen LogP contribution in [0.25, 0.3) is 0 Å². The van der Waals surface area contributed by atoms with Crippen LogP contribution in [0.3, 0.4) is 0 Å². The lowest BCUT2D eigenvalue weighted by molar-refractivity contribution is -0.153. The Morgan fingerprint density at radius 1 is 1.44 bits per heavy atom. The van der Waals surface area contributed by atoms with Crippen LogP contribution in [0.4, 0.5) is 0 Å². The Morgan fingerprint density at radius 2 is 2.00 bits per heavy atom. The van der Waals surface area contributed by atoms with Crippen LogP contribution in [-0.2, 0) is 22.4 Å². The standard InChI is InChI=1S/C11H15NO3S/c1-3-7-4-5-8(16-7)6-11(2,9(12)13)10(14)15/h4-5H,3,6H2,1-2H3,(H2,12,13)(H,14,15). The quantitative estimate of drug-likeness (QED) is 0.765. The summed E-state index contributed by atoms with van der Waals surface area (Å²) < 4.78 is 0. The van der Waals surface area contributed by atoms with E-state index in [4.69, 9.17) is 10.8 Å². The fraction of sp³-hybridized carbons (Fsp3) is 0.455. The first-order chi connectivity index (χ1) is 7.40. The maximum atomic E-state index is 11.2. The van der Waals surface area contributed by atoms with Crippen molar-refractivity contribution >= 4 is 23.2 Å². The number of aryl methyl sites for hydroxylation is 1. The molecule has 4 nitrogen and oxygen atoms in total. The minimum atomic E-state index is -1.52. The summed E-state index contributed by atoms with van der Waals surface area (Å²) in [6.07, 6.45) is 1.06. The molecule has 1 rings (SSSR count). The van der Waals surface area contributed by atoms with Crippen molar-refractivity contribution in [2.24, 2.45) is 11.1 Å². The average Bonchev–Trinajstić information content (AvgIpc) is 2.64. The van der Waals surface area contributed by atoms with Crippen LogP contribution < -0.4 is 5.73 Å². The first kappa shape index (κ1) is 12.7. The molecule has 1 aromatic heterocycles. The molecule has 0 aliphatic rings. The molecule has 0 fully saturated rings. The van der Waals surface area contributed by atoms with Gasteiger partial charge in [0.2, 0.25) is 5.91 Å². The van der Waals surface area contributed by atoms with E-state index in [2.05, 4.69) is 0 Å². The molecule has 0 radical (unpaired) electrons. The molecule has 1 amide bonds. The van der Waals surface area contributed by atoms with Gasteiger partial charge in [-0.1, -0.05) is 6.92 Å². The van der Waals surface area contributed by atoms with E-state index in [1.165, 1.54) is 23.1 Å². The number of hydrogen-bond donors (Lipinski definition) is 2. The van der Waals surface area contributed by atoms with Gasteiger partial charge in [0.25, 0.3) is 0 Å². The van der Waals surface area contributed by atoms with Crippen LogP contribution in [-0.4, -0.2) is 17.0 Å². The predicted octanol–water partition coefficient (Wildman–Crippen LogP) is 1.43. The maximum absolute atomic E-state index is 11.2. The second-order valence-corrected chi connectivity index (χ2v) is 5.15. The fourth-order valence-corrected chi connectivity index (χ4v) is 2.44. The third-order valence-electron chi connectivity index (χ3n) is 2.61. The third-order valence-corrected chi connectivity index (χ3v) is 3.84. The molecule has 0 aromatic carbocycles. The lowest BCUT2D eigenvalue weighted by Crippen LogP contribution is -2.42. The van der Waals surface area contributed by atoms with E-state index in [1.54, 1.807) is 0 Å². The predicted molar refractivity (Wildman–Crippen MR) is 62.3 cm³/mol. The van der Waals surface area contributed by atoms with E-state index < -0.39 is 17.3 Å². The smallest absolute Gasteiger partial charge is 0.319 e. The van der Waals surface area contributed by atoms with E-state index in [-0.39, 0.29) is 6.42 Å². The normalized spacial score (nSPS) is 14.4. The van der Waals surface area contributed by atoms with Crippen molar-refractivity contribution in [3.05, 3.63) is 21.9 Å². The second kappa shape index (κ2) is 4.65. The van der Waals surface area contributed by atoms with Gasteiger partial charge in [-0.2, -0.15) is 0 Å². The summed E-state index contributed by atoms with van der Waals surface area (Å²) in [6.45, 7) is 3.39. The zero-order chi connectivity index (χ0) is 12.3. The molecule has 0 aliphatic carbocycles. The van der Waals surface area contributed by atoms with E-state index in [9.17, 15) is 9.59 Å². The minimum Gasteiger partial charge on any atom is -0.480 e. The summed E-state index contributed by atoms with van der Waals surface area (Å²) in [5.74, 6) is -1.97. The molecular formula is C11H15NO3S. The van der Waals surface area contributed by atoms with Gasteiger partial charge in [0.05, 0.1) is 0 Å². The number of aliphatic carboxylic acids is 1. The number of carbonyl (C=O) groups is 2. The molecule has 0 saturated carbocycles. The lowest BCUT2D eigenvalue weighted by atomic mass is 9.85. The van der Waals surface area contributed by atoms with Gasteiger partial charge in [0, 0.05) is 16.2 Å². The van der Waals surface area contributed by atoms with E-state index in [0.717, 1.165) is 11.3 Å². The van der Waals surface area contributed by atoms with Crippen LogP contribution in [0, 0.1) is 5.41 Å². The number of primary amides is 1. The van der Waals surface area contributed by atoms with E-state index in [0.29, 0.717) is 0 Å². The number of carbonyl (C=O) groups excluding carboxylic acids is 1. The molecule has 0 spiro atoms. The van der Waals surface area contributed by atoms with Crippen LogP contribution in [0.2, 0.25) is 0 Å². The summed E-state index contributed by atoms with van der Waals surface area (Å²) >= 11 is 1.52. The SMILES string of the molecule is CCc1ccc(CC(C)(C(N)=O)C(=O)O)s1. The number of carboxylic acids is 1. The van der Waals surface area contributed by atoms with Gasteiger partial charge in [-0.3, -0.25) is 9.59 Å². The van der Waals surface area contributed by atoms with Gasteiger partial charge in [0.1, 0.15) is 5.41 Å². The number of rotatable bonds is 5. The van der Waals surface area contributed by atoms with Crippen LogP contribution in [0.1, 0.15) is 23.6 Å². The highest BCUT2D eigenvalue weighted by Crippen LogP contribution is 2.27. The Kier molecular flexibility index (Phi) is 3.70. The summed E-state index contributed by atoms with van der Waals surface area (Å²) in [5.41, 5.74) is 3.63. The molecule has 88 valence electrons. The van der Waals surface area contributed by atoms with Crippen LogP contribution in [0.15, 0.2) is 12.1 Å². The van der Waals surface area contributed by atoms with Gasteiger partial charge >= 0.3 is 5.97 Å². The molecule has 3 N–H and O–H groups in total. The van der Waals surface area contributed by atoms with Crippen molar-refractivity contribution in [1.82, 2.24) is 0 Å². The first-order valence-electron chi connectivity index (χ1n) is 5.01. The number of carboxylic acid groups (broad SMARTS) is 1. The van der Waals surface area contributed by atoms with Gasteiger partial charge in [-0.05, 0) is 25.5 Å². The monoisotopic (exact) mass is 241 g/mol. The Bertz CT molecular complexity index is 397. The minimum absolute atomic E-state index is 0.155. The molecular weight excluding hydrogens is 226 g/mol. The molecule has 5 heteroatoms. The van der Waals surface area contributed by atoms with Gasteiger partial charge < -0.3 is 10.8 Å².